The molecule has 0 aromatic rings. The molecule has 0 aliphatic carbocycles. The molecule has 1 unspecified atom stereocenters. The first-order chi connectivity index (χ1) is 16.6. The molecule has 0 spiro atoms. The SMILES string of the molecule is CCCCCCCCCCCCCC(C)CC.CCCCCCCCCCCCCCC(C)C. The molecule has 0 heterocycles. The highest BCUT2D eigenvalue weighted by atomic mass is 14.0. The molecule has 0 heteroatoms. The number of hydrogen-bond donors (Lipinski definition) is 0. The second-order valence-corrected chi connectivity index (χ2v) is 11.9. The topological polar surface area (TPSA) is 0 Å². The molecule has 0 radical (unpaired) electrons. The maximum absolute atomic E-state index is 2.39. The molecule has 0 aromatic heterocycles. The van der Waals surface area contributed by atoms with Gasteiger partial charge in [0.2, 0.25) is 0 Å². The summed E-state index contributed by atoms with van der Waals surface area (Å²) >= 11 is 0. The normalized spacial score (nSPS) is 12.1. The van der Waals surface area contributed by atoms with Gasteiger partial charge in [-0.3, -0.25) is 0 Å². The van der Waals surface area contributed by atoms with E-state index in [-0.39, 0.29) is 0 Å². The highest BCUT2D eigenvalue weighted by molar-refractivity contribution is 4.53. The van der Waals surface area contributed by atoms with Crippen molar-refractivity contribution in [2.75, 3.05) is 0 Å². The summed E-state index contributed by atoms with van der Waals surface area (Å²) in [6.45, 7) is 13.9. The van der Waals surface area contributed by atoms with Crippen molar-refractivity contribution in [3.63, 3.8) is 0 Å². The third-order valence-corrected chi connectivity index (χ3v) is 7.63. The molecule has 0 fully saturated rings. The highest BCUT2D eigenvalue weighted by Crippen LogP contribution is 2.16. The van der Waals surface area contributed by atoms with Crippen molar-refractivity contribution in [2.24, 2.45) is 11.8 Å². The van der Waals surface area contributed by atoms with Gasteiger partial charge in [-0.2, -0.15) is 0 Å². The molecule has 1 atom stereocenters. The molecule has 0 nitrogen and oxygen atoms in total. The van der Waals surface area contributed by atoms with Crippen LogP contribution in [0.15, 0.2) is 0 Å². The summed E-state index contributed by atoms with van der Waals surface area (Å²) in [5.41, 5.74) is 0. The second-order valence-electron chi connectivity index (χ2n) is 11.9. The highest BCUT2D eigenvalue weighted by Gasteiger charge is 1.98. The molecular formula is C34H72. The minimum absolute atomic E-state index is 0.901. The Balaban J connectivity index is 0. The van der Waals surface area contributed by atoms with Crippen molar-refractivity contribution in [3.8, 4) is 0 Å². The van der Waals surface area contributed by atoms with E-state index in [4.69, 9.17) is 0 Å². The molecule has 0 N–H and O–H groups in total. The first-order valence-electron chi connectivity index (χ1n) is 16.6. The van der Waals surface area contributed by atoms with Gasteiger partial charge in [0.15, 0.2) is 0 Å². The van der Waals surface area contributed by atoms with E-state index in [1.807, 2.05) is 0 Å². The minimum Gasteiger partial charge on any atom is -0.0654 e. The largest absolute Gasteiger partial charge is 0.0654 e. The first-order valence-corrected chi connectivity index (χ1v) is 16.6. The standard InChI is InChI=1S/2C17H36/c1-4-5-6-7-8-9-10-11-12-13-14-15-16-17(2)3;1-4-6-7-8-9-10-11-12-13-14-15-16-17(3)5-2/h2*17H,4-16H2,1-3H3. The van der Waals surface area contributed by atoms with E-state index in [0.717, 1.165) is 11.8 Å². The molecule has 0 saturated heterocycles. The van der Waals surface area contributed by atoms with Crippen LogP contribution in [0.4, 0.5) is 0 Å². The monoisotopic (exact) mass is 481 g/mol. The Bertz CT molecular complexity index is 318. The fourth-order valence-corrected chi connectivity index (χ4v) is 4.75. The zero-order valence-corrected chi connectivity index (χ0v) is 25.5. The van der Waals surface area contributed by atoms with Gasteiger partial charge in [-0.05, 0) is 11.8 Å². The lowest BCUT2D eigenvalue weighted by Crippen LogP contribution is -1.91. The summed E-state index contributed by atoms with van der Waals surface area (Å²) in [5.74, 6) is 1.85. The van der Waals surface area contributed by atoms with Crippen LogP contribution in [-0.4, -0.2) is 0 Å². The Morgan fingerprint density at radius 3 is 0.853 bits per heavy atom. The van der Waals surface area contributed by atoms with Crippen molar-refractivity contribution in [1.29, 1.82) is 0 Å². The quantitative estimate of drug-likeness (QED) is 0.108. The van der Waals surface area contributed by atoms with Gasteiger partial charge in [0.05, 0.1) is 0 Å². The van der Waals surface area contributed by atoms with Crippen LogP contribution in [0.25, 0.3) is 0 Å². The Morgan fingerprint density at radius 1 is 0.324 bits per heavy atom. The first kappa shape index (κ1) is 36.2. The van der Waals surface area contributed by atoms with Crippen LogP contribution >= 0.6 is 0 Å². The van der Waals surface area contributed by atoms with Crippen LogP contribution < -0.4 is 0 Å². The average molecular weight is 481 g/mol. The van der Waals surface area contributed by atoms with Crippen molar-refractivity contribution < 1.29 is 0 Å². The predicted molar refractivity (Wildman–Crippen MR) is 161 cm³/mol. The summed E-state index contributed by atoms with van der Waals surface area (Å²) in [4.78, 5) is 0. The summed E-state index contributed by atoms with van der Waals surface area (Å²) < 4.78 is 0. The van der Waals surface area contributed by atoms with Crippen LogP contribution in [0.3, 0.4) is 0 Å². The summed E-state index contributed by atoms with van der Waals surface area (Å²) in [7, 11) is 0. The fourth-order valence-electron chi connectivity index (χ4n) is 4.75. The second kappa shape index (κ2) is 33.0. The van der Waals surface area contributed by atoms with Gasteiger partial charge in [0.1, 0.15) is 0 Å². The van der Waals surface area contributed by atoms with Crippen molar-refractivity contribution >= 4 is 0 Å². The Kier molecular flexibility index (Phi) is 35.1. The molecule has 34 heavy (non-hydrogen) atoms. The van der Waals surface area contributed by atoms with Crippen molar-refractivity contribution in [1.82, 2.24) is 0 Å². The van der Waals surface area contributed by atoms with Crippen LogP contribution in [0, 0.1) is 11.8 Å². The number of unbranched alkanes of at least 4 members (excludes halogenated alkanes) is 21. The minimum atomic E-state index is 0.901. The van der Waals surface area contributed by atoms with Gasteiger partial charge in [0.25, 0.3) is 0 Å². The van der Waals surface area contributed by atoms with E-state index < -0.39 is 0 Å². The van der Waals surface area contributed by atoms with E-state index >= 15 is 0 Å². The van der Waals surface area contributed by atoms with Crippen LogP contribution in [-0.2, 0) is 0 Å². The van der Waals surface area contributed by atoms with E-state index in [2.05, 4.69) is 41.5 Å². The zero-order chi connectivity index (χ0) is 25.5. The molecular weight excluding hydrogens is 408 g/mol. The summed E-state index contributed by atoms with van der Waals surface area (Å²) in [6, 6.07) is 0. The number of hydrogen-bond acceptors (Lipinski definition) is 0. The third-order valence-electron chi connectivity index (χ3n) is 7.63. The fraction of sp³-hybridized carbons (Fsp3) is 1.00. The molecule has 0 aliphatic rings. The van der Waals surface area contributed by atoms with E-state index in [9.17, 15) is 0 Å². The molecule has 0 saturated carbocycles. The Morgan fingerprint density at radius 2 is 0.588 bits per heavy atom. The maximum atomic E-state index is 2.39. The van der Waals surface area contributed by atoms with Crippen molar-refractivity contribution in [3.05, 3.63) is 0 Å². The smallest absolute Gasteiger partial charge is 0.0445 e. The molecule has 0 amide bonds. The van der Waals surface area contributed by atoms with Gasteiger partial charge >= 0.3 is 0 Å². The van der Waals surface area contributed by atoms with Crippen LogP contribution in [0.5, 0.6) is 0 Å². The molecule has 208 valence electrons. The van der Waals surface area contributed by atoms with Gasteiger partial charge in [0, 0.05) is 0 Å². The predicted octanol–water partition coefficient (Wildman–Crippen LogP) is 13.5. The lowest BCUT2D eigenvalue weighted by Gasteiger charge is -2.07. The average Bonchev–Trinajstić information content (AvgIpc) is 2.83. The molecule has 0 rings (SSSR count). The lowest BCUT2D eigenvalue weighted by atomic mass is 9.99. The van der Waals surface area contributed by atoms with Crippen LogP contribution in [0.2, 0.25) is 0 Å². The Labute approximate surface area is 220 Å². The maximum Gasteiger partial charge on any atom is -0.0445 e. The lowest BCUT2D eigenvalue weighted by molar-refractivity contribution is 0.469. The summed E-state index contributed by atoms with van der Waals surface area (Å²) in [6.07, 6.45) is 37.9. The van der Waals surface area contributed by atoms with E-state index in [1.165, 1.54) is 167 Å². The summed E-state index contributed by atoms with van der Waals surface area (Å²) in [5, 5.41) is 0. The number of rotatable bonds is 26. The molecule has 0 bridgehead atoms. The van der Waals surface area contributed by atoms with E-state index in [0.29, 0.717) is 0 Å². The van der Waals surface area contributed by atoms with Gasteiger partial charge < -0.3 is 0 Å². The van der Waals surface area contributed by atoms with Gasteiger partial charge in [-0.15, -0.1) is 0 Å². The zero-order valence-electron chi connectivity index (χ0n) is 25.5. The Hall–Kier alpha value is 0. The molecule has 0 aromatic carbocycles. The molecule has 0 aliphatic heterocycles. The van der Waals surface area contributed by atoms with E-state index in [1.54, 1.807) is 0 Å². The van der Waals surface area contributed by atoms with Gasteiger partial charge in [-0.25, -0.2) is 0 Å². The van der Waals surface area contributed by atoms with Crippen LogP contribution in [0.1, 0.15) is 208 Å². The van der Waals surface area contributed by atoms with Crippen molar-refractivity contribution in [2.45, 2.75) is 208 Å². The third kappa shape index (κ3) is 36.6. The van der Waals surface area contributed by atoms with Gasteiger partial charge in [-0.1, -0.05) is 208 Å².